The molecule has 18 heavy (non-hydrogen) atoms. The summed E-state index contributed by atoms with van der Waals surface area (Å²) in [4.78, 5) is 8.31. The predicted molar refractivity (Wildman–Crippen MR) is 75.9 cm³/mol. The molecule has 0 aliphatic rings. The van der Waals surface area contributed by atoms with E-state index in [0.29, 0.717) is 0 Å². The van der Waals surface area contributed by atoms with E-state index in [9.17, 15) is 0 Å². The van der Waals surface area contributed by atoms with Gasteiger partial charge in [-0.3, -0.25) is 4.98 Å². The van der Waals surface area contributed by atoms with E-state index in [4.69, 9.17) is 0 Å². The van der Waals surface area contributed by atoms with Gasteiger partial charge in [-0.2, -0.15) is 0 Å². The topological polar surface area (TPSA) is 37.8 Å². The number of nitrogens with one attached hydrogen (secondary N) is 1. The second kappa shape index (κ2) is 4.74. The van der Waals surface area contributed by atoms with Gasteiger partial charge in [-0.05, 0) is 42.8 Å². The van der Waals surface area contributed by atoms with E-state index >= 15 is 0 Å². The molecular formula is C14H13N3S. The maximum absolute atomic E-state index is 4.28. The van der Waals surface area contributed by atoms with E-state index in [0.717, 1.165) is 11.2 Å². The molecule has 1 atom stereocenters. The first-order valence-electron chi connectivity index (χ1n) is 5.82. The summed E-state index contributed by atoms with van der Waals surface area (Å²) in [6.45, 7) is 2.15. The van der Waals surface area contributed by atoms with Gasteiger partial charge in [-0.1, -0.05) is 0 Å². The third-order valence-corrected chi connectivity index (χ3v) is 3.71. The fraction of sp³-hybridized carbons (Fsp3) is 0.143. The van der Waals surface area contributed by atoms with Gasteiger partial charge in [0.25, 0.3) is 0 Å². The van der Waals surface area contributed by atoms with Crippen molar-refractivity contribution in [2.24, 2.45) is 0 Å². The lowest BCUT2D eigenvalue weighted by atomic mass is 10.1. The Hall–Kier alpha value is -1.94. The molecule has 2 heterocycles. The maximum atomic E-state index is 4.28. The Bertz CT molecular complexity index is 648. The van der Waals surface area contributed by atoms with E-state index in [1.807, 2.05) is 36.1 Å². The van der Waals surface area contributed by atoms with Crippen LogP contribution in [0.4, 0.5) is 5.69 Å². The average Bonchev–Trinajstić information content (AvgIpc) is 2.87. The van der Waals surface area contributed by atoms with Gasteiger partial charge in [0, 0.05) is 24.1 Å². The SMILES string of the molecule is CC(Nc1ccc2ncsc2c1)c1ccncc1. The first kappa shape index (κ1) is 11.2. The Labute approximate surface area is 110 Å². The van der Waals surface area contributed by atoms with Crippen LogP contribution in [0.2, 0.25) is 0 Å². The van der Waals surface area contributed by atoms with Gasteiger partial charge in [0.2, 0.25) is 0 Å². The van der Waals surface area contributed by atoms with Crippen LogP contribution >= 0.6 is 11.3 Å². The molecular weight excluding hydrogens is 242 g/mol. The minimum Gasteiger partial charge on any atom is -0.378 e. The standard InChI is InChI=1S/C14H13N3S/c1-10(11-4-6-15-7-5-11)17-12-2-3-13-14(8-12)18-9-16-13/h2-10,17H,1H3. The summed E-state index contributed by atoms with van der Waals surface area (Å²) < 4.78 is 1.21. The van der Waals surface area contributed by atoms with Gasteiger partial charge in [-0.25, -0.2) is 4.98 Å². The second-order valence-electron chi connectivity index (χ2n) is 4.18. The quantitative estimate of drug-likeness (QED) is 0.772. The van der Waals surface area contributed by atoms with Crippen molar-refractivity contribution in [1.82, 2.24) is 9.97 Å². The molecule has 0 saturated carbocycles. The lowest BCUT2D eigenvalue weighted by molar-refractivity contribution is 0.881. The number of pyridine rings is 1. The summed E-state index contributed by atoms with van der Waals surface area (Å²) in [5.74, 6) is 0. The predicted octanol–water partition coefficient (Wildman–Crippen LogP) is 3.86. The van der Waals surface area contributed by atoms with Crippen LogP contribution in [0.3, 0.4) is 0 Å². The van der Waals surface area contributed by atoms with Crippen molar-refractivity contribution < 1.29 is 0 Å². The molecule has 0 amide bonds. The van der Waals surface area contributed by atoms with Crippen LogP contribution in [0.5, 0.6) is 0 Å². The number of anilines is 1. The Morgan fingerprint density at radius 3 is 2.83 bits per heavy atom. The van der Waals surface area contributed by atoms with E-state index in [1.165, 1.54) is 10.3 Å². The highest BCUT2D eigenvalue weighted by Gasteiger charge is 2.05. The van der Waals surface area contributed by atoms with Crippen molar-refractivity contribution in [1.29, 1.82) is 0 Å². The summed E-state index contributed by atoms with van der Waals surface area (Å²) in [6.07, 6.45) is 3.64. The number of aromatic nitrogens is 2. The molecule has 0 aliphatic carbocycles. The molecule has 0 aliphatic heterocycles. The van der Waals surface area contributed by atoms with Crippen molar-refractivity contribution >= 4 is 27.2 Å². The molecule has 3 nitrogen and oxygen atoms in total. The Morgan fingerprint density at radius 2 is 2.00 bits per heavy atom. The summed E-state index contributed by atoms with van der Waals surface area (Å²) in [6, 6.07) is 10.6. The van der Waals surface area contributed by atoms with E-state index in [-0.39, 0.29) is 6.04 Å². The van der Waals surface area contributed by atoms with Crippen molar-refractivity contribution in [3.63, 3.8) is 0 Å². The third kappa shape index (κ3) is 2.19. The molecule has 2 aromatic heterocycles. The summed E-state index contributed by atoms with van der Waals surface area (Å²) in [5.41, 5.74) is 5.29. The van der Waals surface area contributed by atoms with Crippen LogP contribution in [0.25, 0.3) is 10.2 Å². The second-order valence-corrected chi connectivity index (χ2v) is 5.07. The van der Waals surface area contributed by atoms with Crippen LogP contribution in [-0.4, -0.2) is 9.97 Å². The van der Waals surface area contributed by atoms with Crippen molar-refractivity contribution in [3.8, 4) is 0 Å². The van der Waals surface area contributed by atoms with Crippen molar-refractivity contribution in [2.45, 2.75) is 13.0 Å². The molecule has 0 bridgehead atoms. The minimum absolute atomic E-state index is 0.262. The highest BCUT2D eigenvalue weighted by molar-refractivity contribution is 7.16. The number of rotatable bonds is 3. The zero-order valence-corrected chi connectivity index (χ0v) is 10.8. The summed E-state index contributed by atoms with van der Waals surface area (Å²) >= 11 is 1.66. The molecule has 1 aromatic carbocycles. The first-order chi connectivity index (χ1) is 8.83. The fourth-order valence-corrected chi connectivity index (χ4v) is 2.65. The molecule has 0 saturated heterocycles. The van der Waals surface area contributed by atoms with E-state index in [1.54, 1.807) is 11.3 Å². The maximum Gasteiger partial charge on any atom is 0.0813 e. The summed E-state index contributed by atoms with van der Waals surface area (Å²) in [7, 11) is 0. The molecule has 4 heteroatoms. The largest absolute Gasteiger partial charge is 0.378 e. The fourth-order valence-electron chi connectivity index (χ4n) is 1.93. The third-order valence-electron chi connectivity index (χ3n) is 2.92. The molecule has 1 unspecified atom stereocenters. The Kier molecular flexibility index (Phi) is 2.94. The molecule has 0 spiro atoms. The minimum atomic E-state index is 0.262. The van der Waals surface area contributed by atoms with Gasteiger partial charge in [0.15, 0.2) is 0 Å². The summed E-state index contributed by atoms with van der Waals surface area (Å²) in [5, 5.41) is 3.49. The molecule has 3 rings (SSSR count). The number of hydrogen-bond donors (Lipinski definition) is 1. The number of thiazole rings is 1. The highest BCUT2D eigenvalue weighted by atomic mass is 32.1. The number of benzene rings is 1. The first-order valence-corrected chi connectivity index (χ1v) is 6.70. The smallest absolute Gasteiger partial charge is 0.0813 e. The van der Waals surface area contributed by atoms with Crippen molar-refractivity contribution in [2.75, 3.05) is 5.32 Å². The van der Waals surface area contributed by atoms with Gasteiger partial charge < -0.3 is 5.32 Å². The molecule has 0 fully saturated rings. The van der Waals surface area contributed by atoms with Crippen LogP contribution in [0, 0.1) is 0 Å². The zero-order valence-electron chi connectivity index (χ0n) is 10.00. The molecule has 3 aromatic rings. The highest BCUT2D eigenvalue weighted by Crippen LogP contribution is 2.24. The van der Waals surface area contributed by atoms with E-state index < -0.39 is 0 Å². The van der Waals surface area contributed by atoms with Gasteiger partial charge >= 0.3 is 0 Å². The average molecular weight is 255 g/mol. The van der Waals surface area contributed by atoms with Crippen LogP contribution in [0.15, 0.2) is 48.2 Å². The monoisotopic (exact) mass is 255 g/mol. The van der Waals surface area contributed by atoms with Crippen LogP contribution < -0.4 is 5.32 Å². The number of nitrogens with zero attached hydrogens (tertiary/aromatic N) is 2. The lowest BCUT2D eigenvalue weighted by Crippen LogP contribution is -2.06. The van der Waals surface area contributed by atoms with Gasteiger partial charge in [0.05, 0.1) is 15.7 Å². The normalized spacial score (nSPS) is 12.5. The van der Waals surface area contributed by atoms with Crippen LogP contribution in [0.1, 0.15) is 18.5 Å². The van der Waals surface area contributed by atoms with Gasteiger partial charge in [-0.15, -0.1) is 11.3 Å². The number of fused-ring (bicyclic) bond motifs is 1. The van der Waals surface area contributed by atoms with E-state index in [2.05, 4.69) is 34.3 Å². The Balaban J connectivity index is 1.83. The van der Waals surface area contributed by atoms with Gasteiger partial charge in [0.1, 0.15) is 0 Å². The number of hydrogen-bond acceptors (Lipinski definition) is 4. The molecule has 0 radical (unpaired) electrons. The zero-order chi connectivity index (χ0) is 12.4. The Morgan fingerprint density at radius 1 is 1.17 bits per heavy atom. The molecule has 90 valence electrons. The van der Waals surface area contributed by atoms with Crippen molar-refractivity contribution in [3.05, 3.63) is 53.8 Å². The lowest BCUT2D eigenvalue weighted by Gasteiger charge is -2.15. The van der Waals surface area contributed by atoms with Crippen LogP contribution in [-0.2, 0) is 0 Å². The molecule has 1 N–H and O–H groups in total.